The van der Waals surface area contributed by atoms with Gasteiger partial charge in [-0.15, -0.1) is 0 Å². The normalized spacial score (nSPS) is 12.0. The number of fused-ring (bicyclic) bond motifs is 1. The minimum atomic E-state index is -0.934. The van der Waals surface area contributed by atoms with Gasteiger partial charge in [0, 0.05) is 39.2 Å². The zero-order valence-electron chi connectivity index (χ0n) is 15.6. The summed E-state index contributed by atoms with van der Waals surface area (Å²) in [5, 5.41) is 1.33. The van der Waals surface area contributed by atoms with Gasteiger partial charge in [0.1, 0.15) is 0 Å². The highest BCUT2D eigenvalue weighted by molar-refractivity contribution is 6.30. The summed E-state index contributed by atoms with van der Waals surface area (Å²) in [6, 6.07) is 13.9. The molecule has 0 aliphatic carbocycles. The number of ether oxygens (including phenoxy) is 1. The molecule has 144 valence electrons. The van der Waals surface area contributed by atoms with E-state index in [1.165, 1.54) is 0 Å². The van der Waals surface area contributed by atoms with Crippen molar-refractivity contribution in [3.63, 3.8) is 0 Å². The molecular formula is C22H20ClNO4. The van der Waals surface area contributed by atoms with Crippen molar-refractivity contribution in [1.82, 2.24) is 4.98 Å². The summed E-state index contributed by atoms with van der Waals surface area (Å²) in [4.78, 5) is 40.2. The van der Waals surface area contributed by atoms with Crippen molar-refractivity contribution in [2.45, 2.75) is 32.8 Å². The SMILES string of the molecule is Cc1[nH]c2ccccc2c1C(=O)[C@@H](C)OC(=O)CCC(=O)c1ccc(Cl)cc1. The molecule has 2 aromatic carbocycles. The molecular weight excluding hydrogens is 378 g/mol. The van der Waals surface area contributed by atoms with Gasteiger partial charge in [-0.1, -0.05) is 29.8 Å². The van der Waals surface area contributed by atoms with E-state index in [0.29, 0.717) is 16.1 Å². The monoisotopic (exact) mass is 397 g/mol. The van der Waals surface area contributed by atoms with Crippen molar-refractivity contribution < 1.29 is 19.1 Å². The Hall–Kier alpha value is -2.92. The largest absolute Gasteiger partial charge is 0.454 e. The van der Waals surface area contributed by atoms with Crippen LogP contribution in [0, 0.1) is 6.92 Å². The lowest BCUT2D eigenvalue weighted by Crippen LogP contribution is -2.25. The number of hydrogen-bond acceptors (Lipinski definition) is 4. The number of H-pyrrole nitrogens is 1. The van der Waals surface area contributed by atoms with Crippen molar-refractivity contribution in [2.24, 2.45) is 0 Å². The number of aryl methyl sites for hydroxylation is 1. The minimum absolute atomic E-state index is 0.00743. The molecule has 3 rings (SSSR count). The fraction of sp³-hybridized carbons (Fsp3) is 0.227. The molecule has 5 nitrogen and oxygen atoms in total. The lowest BCUT2D eigenvalue weighted by atomic mass is 10.0. The van der Waals surface area contributed by atoms with E-state index in [9.17, 15) is 14.4 Å². The number of nitrogens with one attached hydrogen (secondary N) is 1. The van der Waals surface area contributed by atoms with Crippen molar-refractivity contribution in [2.75, 3.05) is 0 Å². The van der Waals surface area contributed by atoms with Crippen LogP contribution in [-0.4, -0.2) is 28.6 Å². The summed E-state index contributed by atoms with van der Waals surface area (Å²) in [5.74, 6) is -1.03. The molecule has 1 N–H and O–H groups in total. The first-order chi connectivity index (χ1) is 13.4. The first-order valence-electron chi connectivity index (χ1n) is 8.96. The van der Waals surface area contributed by atoms with Crippen LogP contribution in [0.2, 0.25) is 5.02 Å². The Kier molecular flexibility index (Phi) is 5.95. The third kappa shape index (κ3) is 4.31. The van der Waals surface area contributed by atoms with E-state index in [-0.39, 0.29) is 24.4 Å². The average Bonchev–Trinajstić information content (AvgIpc) is 3.01. The third-order valence-electron chi connectivity index (χ3n) is 4.54. The van der Waals surface area contributed by atoms with E-state index in [0.717, 1.165) is 16.6 Å². The zero-order valence-corrected chi connectivity index (χ0v) is 16.4. The maximum absolute atomic E-state index is 12.8. The fourth-order valence-corrected chi connectivity index (χ4v) is 3.23. The summed E-state index contributed by atoms with van der Waals surface area (Å²) in [6.45, 7) is 3.36. The van der Waals surface area contributed by atoms with Crippen molar-refractivity contribution >= 4 is 40.0 Å². The summed E-state index contributed by atoms with van der Waals surface area (Å²) in [5.41, 5.74) is 2.59. The minimum Gasteiger partial charge on any atom is -0.454 e. The number of halogens is 1. The van der Waals surface area contributed by atoms with Crippen molar-refractivity contribution in [1.29, 1.82) is 0 Å². The molecule has 1 atom stereocenters. The van der Waals surface area contributed by atoms with E-state index in [1.807, 2.05) is 31.2 Å². The number of aromatic nitrogens is 1. The first kappa shape index (κ1) is 19.8. The number of hydrogen-bond donors (Lipinski definition) is 1. The molecule has 0 amide bonds. The molecule has 0 bridgehead atoms. The van der Waals surface area contributed by atoms with E-state index in [2.05, 4.69) is 4.98 Å². The van der Waals surface area contributed by atoms with Crippen molar-refractivity contribution in [3.8, 4) is 0 Å². The van der Waals surface area contributed by atoms with Gasteiger partial charge in [0.25, 0.3) is 0 Å². The lowest BCUT2D eigenvalue weighted by Gasteiger charge is -2.12. The van der Waals surface area contributed by atoms with Crippen LogP contribution in [0.25, 0.3) is 10.9 Å². The molecule has 1 heterocycles. The van der Waals surface area contributed by atoms with Gasteiger partial charge in [0.2, 0.25) is 5.78 Å². The molecule has 0 spiro atoms. The zero-order chi connectivity index (χ0) is 20.3. The quantitative estimate of drug-likeness (QED) is 0.454. The molecule has 1 aromatic heterocycles. The molecule has 0 unspecified atom stereocenters. The van der Waals surface area contributed by atoms with Gasteiger partial charge in [-0.2, -0.15) is 0 Å². The molecule has 0 saturated carbocycles. The van der Waals surface area contributed by atoms with Crippen LogP contribution >= 0.6 is 11.6 Å². The second-order valence-electron chi connectivity index (χ2n) is 6.60. The summed E-state index contributed by atoms with van der Waals surface area (Å²) in [6.07, 6.45) is -1.02. The van der Waals surface area contributed by atoms with Crippen molar-refractivity contribution in [3.05, 3.63) is 70.4 Å². The summed E-state index contributed by atoms with van der Waals surface area (Å²) in [7, 11) is 0. The maximum atomic E-state index is 12.8. The van der Waals surface area contributed by atoms with Crippen LogP contribution in [0.4, 0.5) is 0 Å². The summed E-state index contributed by atoms with van der Waals surface area (Å²) < 4.78 is 5.27. The molecule has 0 radical (unpaired) electrons. The van der Waals surface area contributed by atoms with Crippen LogP contribution in [0.1, 0.15) is 46.2 Å². The van der Waals surface area contributed by atoms with Crippen LogP contribution in [0.15, 0.2) is 48.5 Å². The molecule has 0 saturated heterocycles. The molecule has 0 aliphatic rings. The smallest absolute Gasteiger partial charge is 0.306 e. The van der Waals surface area contributed by atoms with Gasteiger partial charge in [-0.3, -0.25) is 14.4 Å². The second kappa shape index (κ2) is 8.40. The predicted molar refractivity (Wildman–Crippen MR) is 108 cm³/mol. The standard InChI is InChI=1S/C22H20ClNO4/c1-13-21(17-5-3-4-6-18(17)24-13)22(27)14(2)28-20(26)12-11-19(25)15-7-9-16(23)10-8-15/h3-10,14,24H,11-12H2,1-2H3/t14-/m1/s1. The van der Waals surface area contributed by atoms with Gasteiger partial charge in [-0.05, 0) is 44.2 Å². The number of carbonyl (C=O) groups excluding carboxylic acids is 3. The Bertz CT molecular complexity index is 1040. The number of ketones is 2. The van der Waals surface area contributed by atoms with Gasteiger partial charge in [0.05, 0.1) is 6.42 Å². The lowest BCUT2D eigenvalue weighted by molar-refractivity contribution is -0.146. The Labute approximate surface area is 167 Å². The third-order valence-corrected chi connectivity index (χ3v) is 4.79. The number of Topliss-reactive ketones (excluding diaryl/α,β-unsaturated/α-hetero) is 2. The summed E-state index contributed by atoms with van der Waals surface area (Å²) >= 11 is 5.80. The number of rotatable bonds is 7. The molecule has 6 heteroatoms. The van der Waals surface area contributed by atoms with Gasteiger partial charge < -0.3 is 9.72 Å². The Morgan fingerprint density at radius 3 is 2.43 bits per heavy atom. The number of carbonyl (C=O) groups is 3. The van der Waals surface area contributed by atoms with Crippen LogP contribution in [0.5, 0.6) is 0 Å². The molecule has 3 aromatic rings. The van der Waals surface area contributed by atoms with E-state index < -0.39 is 12.1 Å². The van der Waals surface area contributed by atoms with E-state index >= 15 is 0 Å². The highest BCUT2D eigenvalue weighted by Gasteiger charge is 2.24. The Morgan fingerprint density at radius 2 is 1.71 bits per heavy atom. The fourth-order valence-electron chi connectivity index (χ4n) is 3.10. The maximum Gasteiger partial charge on any atom is 0.306 e. The average molecular weight is 398 g/mol. The molecule has 28 heavy (non-hydrogen) atoms. The molecule has 0 aliphatic heterocycles. The second-order valence-corrected chi connectivity index (χ2v) is 7.03. The highest BCUT2D eigenvalue weighted by atomic mass is 35.5. The topological polar surface area (TPSA) is 76.2 Å². The number of esters is 1. The predicted octanol–water partition coefficient (Wildman–Crippen LogP) is 4.91. The van der Waals surface area contributed by atoms with Gasteiger partial charge >= 0.3 is 5.97 Å². The number of benzene rings is 2. The Morgan fingerprint density at radius 1 is 1.04 bits per heavy atom. The van der Waals surface area contributed by atoms with E-state index in [1.54, 1.807) is 31.2 Å². The van der Waals surface area contributed by atoms with E-state index in [4.69, 9.17) is 16.3 Å². The number of para-hydroxylation sites is 1. The van der Waals surface area contributed by atoms with Gasteiger partial charge in [-0.25, -0.2) is 0 Å². The Balaban J connectivity index is 1.60. The molecule has 0 fully saturated rings. The van der Waals surface area contributed by atoms with Crippen LogP contribution in [-0.2, 0) is 9.53 Å². The first-order valence-corrected chi connectivity index (χ1v) is 9.34. The highest BCUT2D eigenvalue weighted by Crippen LogP contribution is 2.24. The van der Waals surface area contributed by atoms with Gasteiger partial charge in [0.15, 0.2) is 11.9 Å². The number of aromatic amines is 1. The van der Waals surface area contributed by atoms with Crippen LogP contribution < -0.4 is 0 Å². The van der Waals surface area contributed by atoms with Crippen LogP contribution in [0.3, 0.4) is 0 Å².